The van der Waals surface area contributed by atoms with Crippen LogP contribution in [0, 0.1) is 0 Å². The molecule has 0 heterocycles. The van der Waals surface area contributed by atoms with Crippen molar-refractivity contribution < 1.29 is 14.3 Å². The highest BCUT2D eigenvalue weighted by atomic mass is 16.5. The molecule has 2 N–H and O–H groups in total. The van der Waals surface area contributed by atoms with Crippen molar-refractivity contribution in [3.05, 3.63) is 78.4 Å². The van der Waals surface area contributed by atoms with Gasteiger partial charge in [-0.05, 0) is 37.1 Å². The number of benzene rings is 2. The number of carbonyl (C=O) groups excluding carboxylic acids is 2. The van der Waals surface area contributed by atoms with Gasteiger partial charge in [0.15, 0.2) is 0 Å². The summed E-state index contributed by atoms with van der Waals surface area (Å²) in [6, 6.07) is 17.1. The molecule has 26 heavy (non-hydrogen) atoms. The summed E-state index contributed by atoms with van der Waals surface area (Å²) in [6.07, 6.45) is 2.72. The second kappa shape index (κ2) is 8.34. The van der Waals surface area contributed by atoms with E-state index in [2.05, 4.69) is 17.2 Å². The highest BCUT2D eigenvalue weighted by Gasteiger charge is 2.31. The Morgan fingerprint density at radius 3 is 2.38 bits per heavy atom. The van der Waals surface area contributed by atoms with Gasteiger partial charge in [-0.2, -0.15) is 0 Å². The fourth-order valence-corrected chi connectivity index (χ4v) is 2.92. The van der Waals surface area contributed by atoms with Crippen molar-refractivity contribution in [2.75, 3.05) is 0 Å². The van der Waals surface area contributed by atoms with E-state index in [1.807, 2.05) is 48.5 Å². The van der Waals surface area contributed by atoms with Gasteiger partial charge in [0.1, 0.15) is 12.4 Å². The maximum Gasteiger partial charge on any atom is 0.251 e. The molecular weight excluding hydrogens is 328 g/mol. The molecule has 0 atom stereocenters. The van der Waals surface area contributed by atoms with Crippen molar-refractivity contribution in [1.29, 1.82) is 0 Å². The van der Waals surface area contributed by atoms with Crippen molar-refractivity contribution in [2.24, 2.45) is 0 Å². The maximum atomic E-state index is 12.6. The van der Waals surface area contributed by atoms with E-state index in [9.17, 15) is 9.59 Å². The van der Waals surface area contributed by atoms with E-state index < -0.39 is 0 Å². The first-order chi connectivity index (χ1) is 12.7. The van der Waals surface area contributed by atoms with Gasteiger partial charge < -0.3 is 15.4 Å². The Bertz CT molecular complexity index is 783. The van der Waals surface area contributed by atoms with Crippen molar-refractivity contribution in [3.8, 4) is 5.75 Å². The molecule has 5 heteroatoms. The lowest BCUT2D eigenvalue weighted by atomic mass is 9.86. The van der Waals surface area contributed by atoms with Gasteiger partial charge in [-0.1, -0.05) is 43.0 Å². The topological polar surface area (TPSA) is 67.4 Å². The standard InChI is InChI=1S/C21H22N2O3/c1-2-20(24)22-16-12-17(13-16)23-21(25)19-11-7-6-8-15(19)14-26-18-9-4-3-5-10-18/h2-11,16-17H,1,12-14H2,(H,22,24)(H,23,25). The number of para-hydroxylation sites is 1. The predicted molar refractivity (Wildman–Crippen MR) is 99.8 cm³/mol. The third-order valence-electron chi connectivity index (χ3n) is 4.40. The maximum absolute atomic E-state index is 12.6. The average Bonchev–Trinajstić information content (AvgIpc) is 2.65. The number of amides is 2. The summed E-state index contributed by atoms with van der Waals surface area (Å²) in [5.74, 6) is 0.474. The smallest absolute Gasteiger partial charge is 0.251 e. The first-order valence-electron chi connectivity index (χ1n) is 8.65. The van der Waals surface area contributed by atoms with Crippen LogP contribution in [0.15, 0.2) is 67.3 Å². The summed E-state index contributed by atoms with van der Waals surface area (Å²) in [4.78, 5) is 23.9. The minimum atomic E-state index is -0.178. The molecule has 2 aromatic rings. The van der Waals surface area contributed by atoms with Crippen molar-refractivity contribution >= 4 is 11.8 Å². The van der Waals surface area contributed by atoms with E-state index in [4.69, 9.17) is 4.74 Å². The van der Waals surface area contributed by atoms with E-state index in [1.165, 1.54) is 6.08 Å². The van der Waals surface area contributed by atoms with Crippen LogP contribution in [0.3, 0.4) is 0 Å². The molecule has 0 bridgehead atoms. The van der Waals surface area contributed by atoms with Crippen LogP contribution in [-0.4, -0.2) is 23.9 Å². The van der Waals surface area contributed by atoms with Gasteiger partial charge in [-0.15, -0.1) is 0 Å². The van der Waals surface area contributed by atoms with Crippen LogP contribution in [0.25, 0.3) is 0 Å². The van der Waals surface area contributed by atoms with Gasteiger partial charge in [-0.25, -0.2) is 0 Å². The molecule has 5 nitrogen and oxygen atoms in total. The number of hydrogen-bond acceptors (Lipinski definition) is 3. The minimum absolute atomic E-state index is 0.0701. The van der Waals surface area contributed by atoms with Gasteiger partial charge in [0, 0.05) is 23.2 Å². The zero-order chi connectivity index (χ0) is 18.4. The molecule has 0 aliphatic heterocycles. The van der Waals surface area contributed by atoms with Gasteiger partial charge in [0.25, 0.3) is 5.91 Å². The molecule has 0 unspecified atom stereocenters. The van der Waals surface area contributed by atoms with E-state index in [-0.39, 0.29) is 23.9 Å². The van der Waals surface area contributed by atoms with Crippen molar-refractivity contribution in [3.63, 3.8) is 0 Å². The van der Waals surface area contributed by atoms with E-state index >= 15 is 0 Å². The lowest BCUT2D eigenvalue weighted by Crippen LogP contribution is -2.53. The zero-order valence-electron chi connectivity index (χ0n) is 14.5. The number of ether oxygens (including phenoxy) is 1. The summed E-state index contributed by atoms with van der Waals surface area (Å²) in [7, 11) is 0. The zero-order valence-corrected chi connectivity index (χ0v) is 14.5. The Hall–Kier alpha value is -3.08. The first-order valence-corrected chi connectivity index (χ1v) is 8.65. The molecule has 0 radical (unpaired) electrons. The van der Waals surface area contributed by atoms with Gasteiger partial charge in [0.2, 0.25) is 5.91 Å². The van der Waals surface area contributed by atoms with Crippen LogP contribution in [0.4, 0.5) is 0 Å². The van der Waals surface area contributed by atoms with Gasteiger partial charge >= 0.3 is 0 Å². The number of nitrogens with one attached hydrogen (secondary N) is 2. The predicted octanol–water partition coefficient (Wildman–Crippen LogP) is 2.83. The molecule has 1 saturated carbocycles. The third-order valence-corrected chi connectivity index (χ3v) is 4.40. The highest BCUT2D eigenvalue weighted by molar-refractivity contribution is 5.96. The summed E-state index contributed by atoms with van der Waals surface area (Å²) in [5.41, 5.74) is 1.45. The van der Waals surface area contributed by atoms with Crippen LogP contribution in [0.2, 0.25) is 0 Å². The molecule has 134 valence electrons. The molecule has 2 aromatic carbocycles. The Balaban J connectivity index is 1.55. The number of carbonyl (C=O) groups is 2. The quantitative estimate of drug-likeness (QED) is 0.755. The van der Waals surface area contributed by atoms with Gasteiger partial charge in [0.05, 0.1) is 0 Å². The number of rotatable bonds is 7. The molecule has 1 fully saturated rings. The summed E-state index contributed by atoms with van der Waals surface area (Å²) < 4.78 is 5.76. The Morgan fingerprint density at radius 2 is 1.65 bits per heavy atom. The summed E-state index contributed by atoms with van der Waals surface area (Å²) in [5, 5.41) is 5.85. The van der Waals surface area contributed by atoms with Crippen molar-refractivity contribution in [2.45, 2.75) is 31.5 Å². The second-order valence-electron chi connectivity index (χ2n) is 6.31. The molecule has 0 spiro atoms. The average molecular weight is 350 g/mol. The SMILES string of the molecule is C=CC(=O)NC1CC(NC(=O)c2ccccc2COc2ccccc2)C1. The molecule has 3 rings (SSSR count). The Morgan fingerprint density at radius 1 is 1.00 bits per heavy atom. The molecule has 1 aliphatic carbocycles. The molecular formula is C21H22N2O3. The molecule has 0 aromatic heterocycles. The minimum Gasteiger partial charge on any atom is -0.489 e. The van der Waals surface area contributed by atoms with E-state index in [1.54, 1.807) is 6.07 Å². The second-order valence-corrected chi connectivity index (χ2v) is 6.31. The highest BCUT2D eigenvalue weighted by Crippen LogP contribution is 2.21. The first kappa shape index (κ1) is 17.7. The van der Waals surface area contributed by atoms with Crippen LogP contribution in [0.1, 0.15) is 28.8 Å². The normalized spacial score (nSPS) is 18.3. The summed E-state index contributed by atoms with van der Waals surface area (Å²) >= 11 is 0. The largest absolute Gasteiger partial charge is 0.489 e. The van der Waals surface area contributed by atoms with Crippen molar-refractivity contribution in [1.82, 2.24) is 10.6 Å². The Kier molecular flexibility index (Phi) is 5.69. The van der Waals surface area contributed by atoms with Crippen LogP contribution in [0.5, 0.6) is 5.75 Å². The fraction of sp³-hybridized carbons (Fsp3) is 0.238. The van der Waals surface area contributed by atoms with Gasteiger partial charge in [-0.3, -0.25) is 9.59 Å². The molecule has 0 saturated heterocycles. The van der Waals surface area contributed by atoms with E-state index in [0.717, 1.165) is 24.2 Å². The third kappa shape index (κ3) is 4.51. The van der Waals surface area contributed by atoms with Crippen LogP contribution in [-0.2, 0) is 11.4 Å². The molecule has 1 aliphatic rings. The lowest BCUT2D eigenvalue weighted by molar-refractivity contribution is -0.117. The lowest BCUT2D eigenvalue weighted by Gasteiger charge is -2.36. The van der Waals surface area contributed by atoms with E-state index in [0.29, 0.717) is 12.2 Å². The summed E-state index contributed by atoms with van der Waals surface area (Å²) in [6.45, 7) is 3.76. The fourth-order valence-electron chi connectivity index (χ4n) is 2.92. The molecule has 2 amide bonds. The van der Waals surface area contributed by atoms with Crippen LogP contribution < -0.4 is 15.4 Å². The van der Waals surface area contributed by atoms with Crippen LogP contribution >= 0.6 is 0 Å². The number of hydrogen-bond donors (Lipinski definition) is 2. The Labute approximate surface area is 153 Å². The monoisotopic (exact) mass is 350 g/mol.